The van der Waals surface area contributed by atoms with E-state index in [1.807, 2.05) is 25.5 Å². The molecular formula is C17H27N3O3. The Morgan fingerprint density at radius 3 is 2.39 bits per heavy atom. The van der Waals surface area contributed by atoms with E-state index < -0.39 is 17.8 Å². The van der Waals surface area contributed by atoms with Gasteiger partial charge in [0.25, 0.3) is 0 Å². The molecule has 1 heterocycles. The molecular weight excluding hydrogens is 294 g/mol. The maximum atomic E-state index is 12.8. The molecule has 0 aliphatic heterocycles. The van der Waals surface area contributed by atoms with E-state index in [9.17, 15) is 14.7 Å². The van der Waals surface area contributed by atoms with Crippen LogP contribution in [-0.4, -0.2) is 38.7 Å². The van der Waals surface area contributed by atoms with Crippen LogP contribution >= 0.6 is 0 Å². The number of carboxylic acid groups (broad SMARTS) is 1. The molecule has 0 bridgehead atoms. The van der Waals surface area contributed by atoms with E-state index in [1.54, 1.807) is 11.9 Å². The van der Waals surface area contributed by atoms with Gasteiger partial charge in [0.1, 0.15) is 0 Å². The summed E-state index contributed by atoms with van der Waals surface area (Å²) >= 11 is 0. The van der Waals surface area contributed by atoms with Gasteiger partial charge >= 0.3 is 5.97 Å². The standard InChI is InChI=1S/C17H27N3O3/c1-5-20-12(3)15(11(2)18-20)10-19(4)16(21)13-8-6-7-9-14(13)17(22)23/h13-14H,5-10H2,1-4H3,(H,22,23). The highest BCUT2D eigenvalue weighted by atomic mass is 16.4. The molecule has 0 radical (unpaired) electrons. The van der Waals surface area contributed by atoms with Crippen LogP contribution < -0.4 is 0 Å². The summed E-state index contributed by atoms with van der Waals surface area (Å²) in [5, 5.41) is 13.8. The normalized spacial score (nSPS) is 21.2. The molecule has 2 atom stereocenters. The molecule has 2 unspecified atom stereocenters. The number of hydrogen-bond acceptors (Lipinski definition) is 3. The van der Waals surface area contributed by atoms with Gasteiger partial charge in [-0.3, -0.25) is 14.3 Å². The Hall–Kier alpha value is -1.85. The highest BCUT2D eigenvalue weighted by molar-refractivity contribution is 5.84. The number of nitrogens with zero attached hydrogens (tertiary/aromatic N) is 3. The largest absolute Gasteiger partial charge is 0.481 e. The smallest absolute Gasteiger partial charge is 0.307 e. The number of aryl methyl sites for hydroxylation is 2. The van der Waals surface area contributed by atoms with Crippen LogP contribution in [0, 0.1) is 25.7 Å². The zero-order valence-electron chi connectivity index (χ0n) is 14.5. The number of rotatable bonds is 5. The highest BCUT2D eigenvalue weighted by Crippen LogP contribution is 2.32. The molecule has 2 rings (SSSR count). The van der Waals surface area contributed by atoms with E-state index in [1.165, 1.54) is 0 Å². The fraction of sp³-hybridized carbons (Fsp3) is 0.706. The lowest BCUT2D eigenvalue weighted by atomic mass is 9.78. The van der Waals surface area contributed by atoms with E-state index >= 15 is 0 Å². The molecule has 6 heteroatoms. The van der Waals surface area contributed by atoms with Crippen molar-refractivity contribution in [3.05, 3.63) is 17.0 Å². The first-order chi connectivity index (χ1) is 10.9. The van der Waals surface area contributed by atoms with Crippen molar-refractivity contribution in [3.63, 3.8) is 0 Å². The summed E-state index contributed by atoms with van der Waals surface area (Å²) in [6, 6.07) is 0. The van der Waals surface area contributed by atoms with Gasteiger partial charge in [-0.25, -0.2) is 0 Å². The van der Waals surface area contributed by atoms with Crippen molar-refractivity contribution in [1.29, 1.82) is 0 Å². The summed E-state index contributed by atoms with van der Waals surface area (Å²) in [6.07, 6.45) is 3.10. The third kappa shape index (κ3) is 3.57. The van der Waals surface area contributed by atoms with Gasteiger partial charge in [0.2, 0.25) is 5.91 Å². The molecule has 0 spiro atoms. The molecule has 1 aliphatic carbocycles. The third-order valence-corrected chi connectivity index (χ3v) is 5.00. The van der Waals surface area contributed by atoms with Gasteiger partial charge in [-0.05, 0) is 33.6 Å². The quantitative estimate of drug-likeness (QED) is 0.903. The second-order valence-electron chi connectivity index (χ2n) is 6.50. The van der Waals surface area contributed by atoms with E-state index in [4.69, 9.17) is 0 Å². The molecule has 1 fully saturated rings. The summed E-state index contributed by atoms with van der Waals surface area (Å²) in [5.41, 5.74) is 3.07. The summed E-state index contributed by atoms with van der Waals surface area (Å²) in [4.78, 5) is 25.8. The molecule has 1 aliphatic rings. The van der Waals surface area contributed by atoms with Gasteiger partial charge < -0.3 is 10.0 Å². The summed E-state index contributed by atoms with van der Waals surface area (Å²) in [7, 11) is 1.76. The van der Waals surface area contributed by atoms with Crippen molar-refractivity contribution in [1.82, 2.24) is 14.7 Å². The average molecular weight is 321 g/mol. The number of carboxylic acids is 1. The van der Waals surface area contributed by atoms with Gasteiger partial charge in [0.05, 0.1) is 17.5 Å². The number of aliphatic carboxylic acids is 1. The highest BCUT2D eigenvalue weighted by Gasteiger charge is 2.37. The second-order valence-corrected chi connectivity index (χ2v) is 6.50. The van der Waals surface area contributed by atoms with Crippen LogP contribution in [0.15, 0.2) is 0 Å². The first-order valence-corrected chi connectivity index (χ1v) is 8.37. The number of amides is 1. The van der Waals surface area contributed by atoms with Crippen molar-refractivity contribution in [3.8, 4) is 0 Å². The maximum absolute atomic E-state index is 12.8. The lowest BCUT2D eigenvalue weighted by molar-refractivity contribution is -0.152. The van der Waals surface area contributed by atoms with E-state index in [2.05, 4.69) is 5.10 Å². The molecule has 1 aromatic rings. The van der Waals surface area contributed by atoms with E-state index in [0.717, 1.165) is 36.3 Å². The molecule has 1 saturated carbocycles. The van der Waals surface area contributed by atoms with Crippen LogP contribution in [0.3, 0.4) is 0 Å². The molecule has 6 nitrogen and oxygen atoms in total. The Labute approximate surface area is 137 Å². The van der Waals surface area contributed by atoms with E-state index in [-0.39, 0.29) is 5.91 Å². The third-order valence-electron chi connectivity index (χ3n) is 5.00. The summed E-state index contributed by atoms with van der Waals surface area (Å²) < 4.78 is 1.93. The molecule has 1 amide bonds. The van der Waals surface area contributed by atoms with Crippen LogP contribution in [0.1, 0.15) is 49.6 Å². The molecule has 23 heavy (non-hydrogen) atoms. The van der Waals surface area contributed by atoms with Crippen LogP contribution in [0.5, 0.6) is 0 Å². The Bertz CT molecular complexity index is 594. The Morgan fingerprint density at radius 1 is 1.26 bits per heavy atom. The maximum Gasteiger partial charge on any atom is 0.307 e. The molecule has 1 N–H and O–H groups in total. The molecule has 0 saturated heterocycles. The zero-order chi connectivity index (χ0) is 17.1. The van der Waals surface area contributed by atoms with Crippen molar-refractivity contribution in [2.24, 2.45) is 11.8 Å². The van der Waals surface area contributed by atoms with Crippen LogP contribution in [0.25, 0.3) is 0 Å². The van der Waals surface area contributed by atoms with Crippen LogP contribution in [0.4, 0.5) is 0 Å². The first-order valence-electron chi connectivity index (χ1n) is 8.37. The molecule has 1 aromatic heterocycles. The van der Waals surface area contributed by atoms with Gasteiger partial charge in [-0.2, -0.15) is 5.10 Å². The minimum absolute atomic E-state index is 0.0554. The minimum atomic E-state index is -0.845. The SMILES string of the molecule is CCn1nc(C)c(CN(C)C(=O)C2CCCCC2C(=O)O)c1C. The van der Waals surface area contributed by atoms with Crippen LogP contribution in [-0.2, 0) is 22.7 Å². The average Bonchev–Trinajstić information content (AvgIpc) is 2.81. The molecule has 128 valence electrons. The number of carbonyl (C=O) groups excluding carboxylic acids is 1. The monoisotopic (exact) mass is 321 g/mol. The number of carbonyl (C=O) groups is 2. The summed E-state index contributed by atoms with van der Waals surface area (Å²) in [6.45, 7) is 7.29. The van der Waals surface area contributed by atoms with Crippen LogP contribution in [0.2, 0.25) is 0 Å². The van der Waals surface area contributed by atoms with E-state index in [0.29, 0.717) is 19.4 Å². The predicted molar refractivity (Wildman–Crippen MR) is 86.9 cm³/mol. The lowest BCUT2D eigenvalue weighted by Crippen LogP contribution is -2.40. The second kappa shape index (κ2) is 7.15. The Balaban J connectivity index is 2.13. The Morgan fingerprint density at radius 2 is 1.87 bits per heavy atom. The minimum Gasteiger partial charge on any atom is -0.481 e. The molecule has 0 aromatic carbocycles. The first kappa shape index (κ1) is 17.5. The van der Waals surface area contributed by atoms with Gasteiger partial charge in [-0.1, -0.05) is 12.8 Å². The number of hydrogen-bond donors (Lipinski definition) is 1. The van der Waals surface area contributed by atoms with Gasteiger partial charge in [0, 0.05) is 31.4 Å². The fourth-order valence-electron chi connectivity index (χ4n) is 3.59. The van der Waals surface area contributed by atoms with Crippen molar-refractivity contribution in [2.75, 3.05) is 7.05 Å². The van der Waals surface area contributed by atoms with Crippen molar-refractivity contribution in [2.45, 2.75) is 59.5 Å². The zero-order valence-corrected chi connectivity index (χ0v) is 14.5. The van der Waals surface area contributed by atoms with Gasteiger partial charge in [-0.15, -0.1) is 0 Å². The summed E-state index contributed by atoms with van der Waals surface area (Å²) in [5.74, 6) is -1.84. The lowest BCUT2D eigenvalue weighted by Gasteiger charge is -2.31. The number of aromatic nitrogens is 2. The van der Waals surface area contributed by atoms with Gasteiger partial charge in [0.15, 0.2) is 0 Å². The predicted octanol–water partition coefficient (Wildman–Crippen LogP) is 2.37. The Kier molecular flexibility index (Phi) is 5.44. The van der Waals surface area contributed by atoms with Crippen molar-refractivity contribution >= 4 is 11.9 Å². The fourth-order valence-corrected chi connectivity index (χ4v) is 3.59. The topological polar surface area (TPSA) is 75.4 Å². The van der Waals surface area contributed by atoms with Crippen molar-refractivity contribution < 1.29 is 14.7 Å².